The summed E-state index contributed by atoms with van der Waals surface area (Å²) in [5.74, 6) is 0. The molecular weight excluding hydrogens is 214 g/mol. The molecule has 5 heteroatoms. The first-order valence-corrected chi connectivity index (χ1v) is 5.64. The lowest BCUT2D eigenvalue weighted by Gasteiger charge is -2.01. The Morgan fingerprint density at radius 3 is 2.27 bits per heavy atom. The molecule has 15 heavy (non-hydrogen) atoms. The quantitative estimate of drug-likeness (QED) is 0.749. The average molecular weight is 222 g/mol. The van der Waals surface area contributed by atoms with Crippen molar-refractivity contribution >= 4 is 26.6 Å². The standard InChI is InChI=1S/C10H8NO3S/c11-9-3-1-8-6-10(15(12,13)14)4-2-7(8)5-9/h1-6,11H,(H,12,13,14). The third kappa shape index (κ3) is 1.93. The molecule has 0 saturated heterocycles. The third-order valence-electron chi connectivity index (χ3n) is 2.11. The van der Waals surface area contributed by atoms with Crippen molar-refractivity contribution < 1.29 is 13.0 Å². The summed E-state index contributed by atoms with van der Waals surface area (Å²) < 4.78 is 30.6. The maximum atomic E-state index is 10.9. The van der Waals surface area contributed by atoms with Crippen molar-refractivity contribution in [2.24, 2.45) is 0 Å². The fourth-order valence-corrected chi connectivity index (χ4v) is 1.90. The zero-order valence-corrected chi connectivity index (χ0v) is 8.45. The van der Waals surface area contributed by atoms with Crippen LogP contribution in [0.25, 0.3) is 10.8 Å². The molecule has 2 rings (SSSR count). The first-order valence-electron chi connectivity index (χ1n) is 4.20. The van der Waals surface area contributed by atoms with Gasteiger partial charge in [0.1, 0.15) is 0 Å². The Bertz CT molecular complexity index is 620. The van der Waals surface area contributed by atoms with E-state index < -0.39 is 10.1 Å². The van der Waals surface area contributed by atoms with Crippen LogP contribution in [0.4, 0.5) is 5.69 Å². The number of benzene rings is 2. The molecule has 2 aromatic rings. The lowest BCUT2D eigenvalue weighted by molar-refractivity contribution is 0.483. The van der Waals surface area contributed by atoms with E-state index in [2.05, 4.69) is 0 Å². The van der Waals surface area contributed by atoms with Gasteiger partial charge in [-0.3, -0.25) is 4.55 Å². The maximum Gasteiger partial charge on any atom is 0.294 e. The van der Waals surface area contributed by atoms with Crippen LogP contribution in [0.2, 0.25) is 0 Å². The lowest BCUT2D eigenvalue weighted by atomic mass is 10.1. The van der Waals surface area contributed by atoms with Crippen molar-refractivity contribution in [1.82, 2.24) is 5.73 Å². The number of hydrogen-bond acceptors (Lipinski definition) is 2. The van der Waals surface area contributed by atoms with E-state index in [9.17, 15) is 8.42 Å². The first kappa shape index (κ1) is 9.95. The molecule has 0 spiro atoms. The summed E-state index contributed by atoms with van der Waals surface area (Å²) in [6.07, 6.45) is 0. The Morgan fingerprint density at radius 2 is 1.60 bits per heavy atom. The summed E-state index contributed by atoms with van der Waals surface area (Å²) in [5, 5.41) is 1.45. The molecular formula is C10H8NO3S. The number of nitrogens with one attached hydrogen (secondary N) is 1. The van der Waals surface area contributed by atoms with Crippen LogP contribution in [0.1, 0.15) is 0 Å². The highest BCUT2D eigenvalue weighted by Crippen LogP contribution is 2.21. The van der Waals surface area contributed by atoms with Gasteiger partial charge >= 0.3 is 0 Å². The van der Waals surface area contributed by atoms with E-state index in [4.69, 9.17) is 10.3 Å². The molecule has 0 atom stereocenters. The molecule has 77 valence electrons. The van der Waals surface area contributed by atoms with E-state index in [0.717, 1.165) is 5.39 Å². The number of rotatable bonds is 1. The summed E-state index contributed by atoms with van der Waals surface area (Å²) in [6, 6.07) is 9.10. The summed E-state index contributed by atoms with van der Waals surface area (Å²) in [4.78, 5) is -0.132. The second-order valence-corrected chi connectivity index (χ2v) is 4.62. The van der Waals surface area contributed by atoms with Gasteiger partial charge in [0, 0.05) is 0 Å². The Morgan fingerprint density at radius 1 is 1.00 bits per heavy atom. The van der Waals surface area contributed by atoms with E-state index in [1.807, 2.05) is 0 Å². The van der Waals surface area contributed by atoms with Gasteiger partial charge in [0.15, 0.2) is 0 Å². The molecule has 1 radical (unpaired) electrons. The molecule has 0 aromatic heterocycles. The van der Waals surface area contributed by atoms with Crippen molar-refractivity contribution in [3.8, 4) is 0 Å². The monoisotopic (exact) mass is 222 g/mol. The third-order valence-corrected chi connectivity index (χ3v) is 2.96. The van der Waals surface area contributed by atoms with E-state index in [1.54, 1.807) is 24.3 Å². The van der Waals surface area contributed by atoms with Gasteiger partial charge in [-0.05, 0) is 35.0 Å². The van der Waals surface area contributed by atoms with E-state index in [1.165, 1.54) is 12.1 Å². The molecule has 0 aliphatic heterocycles. The highest BCUT2D eigenvalue weighted by molar-refractivity contribution is 7.85. The van der Waals surface area contributed by atoms with Gasteiger partial charge in [-0.2, -0.15) is 8.42 Å². The van der Waals surface area contributed by atoms with Crippen LogP contribution in [0, 0.1) is 0 Å². The smallest absolute Gasteiger partial charge is 0.294 e. The molecule has 0 aliphatic carbocycles. The topological polar surface area (TPSA) is 78.2 Å². The van der Waals surface area contributed by atoms with Gasteiger partial charge < -0.3 is 5.73 Å². The van der Waals surface area contributed by atoms with Crippen LogP contribution in [-0.2, 0) is 10.1 Å². The van der Waals surface area contributed by atoms with Crippen molar-refractivity contribution in [3.05, 3.63) is 36.4 Å². The van der Waals surface area contributed by atoms with Gasteiger partial charge in [0.25, 0.3) is 10.1 Å². The van der Waals surface area contributed by atoms with Crippen LogP contribution in [-0.4, -0.2) is 13.0 Å². The molecule has 2 N–H and O–H groups in total. The van der Waals surface area contributed by atoms with Crippen molar-refractivity contribution in [3.63, 3.8) is 0 Å². The summed E-state index contributed by atoms with van der Waals surface area (Å²) in [5.41, 5.74) is 7.75. The van der Waals surface area contributed by atoms with Crippen molar-refractivity contribution in [2.45, 2.75) is 4.90 Å². The number of hydrogen-bond donors (Lipinski definition) is 1. The second kappa shape index (κ2) is 3.22. The molecule has 0 fully saturated rings. The average Bonchev–Trinajstić information content (AvgIpc) is 2.15. The van der Waals surface area contributed by atoms with Crippen LogP contribution >= 0.6 is 0 Å². The zero-order valence-electron chi connectivity index (χ0n) is 7.64. The fourth-order valence-electron chi connectivity index (χ4n) is 1.38. The minimum Gasteiger partial charge on any atom is -0.301 e. The maximum absolute atomic E-state index is 10.9. The van der Waals surface area contributed by atoms with Crippen molar-refractivity contribution in [2.75, 3.05) is 0 Å². The Hall–Kier alpha value is -1.59. The molecule has 0 heterocycles. The highest BCUT2D eigenvalue weighted by atomic mass is 32.2. The van der Waals surface area contributed by atoms with Crippen molar-refractivity contribution in [1.29, 1.82) is 0 Å². The lowest BCUT2D eigenvalue weighted by Crippen LogP contribution is -1.97. The molecule has 2 aromatic carbocycles. The molecule has 0 saturated carbocycles. The Labute approximate surface area is 87.1 Å². The Kier molecular flexibility index (Phi) is 2.13. The van der Waals surface area contributed by atoms with Crippen LogP contribution in [0.5, 0.6) is 0 Å². The summed E-state index contributed by atoms with van der Waals surface area (Å²) in [6.45, 7) is 0. The van der Waals surface area contributed by atoms with E-state index in [0.29, 0.717) is 11.1 Å². The van der Waals surface area contributed by atoms with Crippen LogP contribution in [0.3, 0.4) is 0 Å². The first-order chi connectivity index (χ1) is 6.97. The predicted octanol–water partition coefficient (Wildman–Crippen LogP) is 2.00. The van der Waals surface area contributed by atoms with Gasteiger partial charge in [-0.15, -0.1) is 0 Å². The van der Waals surface area contributed by atoms with Gasteiger partial charge in [0.2, 0.25) is 0 Å². The largest absolute Gasteiger partial charge is 0.301 e. The Balaban J connectivity index is 2.73. The molecule has 0 amide bonds. The minimum absolute atomic E-state index is 0.132. The minimum atomic E-state index is -4.15. The zero-order chi connectivity index (χ0) is 11.1. The molecule has 0 unspecified atom stereocenters. The molecule has 4 nitrogen and oxygen atoms in total. The molecule has 0 aliphatic rings. The van der Waals surface area contributed by atoms with Gasteiger partial charge in [-0.1, -0.05) is 12.1 Å². The van der Waals surface area contributed by atoms with Gasteiger partial charge in [0.05, 0.1) is 10.6 Å². The van der Waals surface area contributed by atoms with Gasteiger partial charge in [-0.25, -0.2) is 0 Å². The fraction of sp³-hybridized carbons (Fsp3) is 0. The molecule has 0 bridgehead atoms. The normalized spacial score (nSPS) is 11.8. The SMILES string of the molecule is [NH]c1ccc2cc(S(=O)(=O)O)ccc2c1. The van der Waals surface area contributed by atoms with E-state index >= 15 is 0 Å². The van der Waals surface area contributed by atoms with Crippen LogP contribution in [0.15, 0.2) is 41.3 Å². The summed E-state index contributed by atoms with van der Waals surface area (Å²) >= 11 is 0. The predicted molar refractivity (Wildman–Crippen MR) is 56.5 cm³/mol. The highest BCUT2D eigenvalue weighted by Gasteiger charge is 2.09. The van der Waals surface area contributed by atoms with E-state index in [-0.39, 0.29) is 4.90 Å². The summed E-state index contributed by atoms with van der Waals surface area (Å²) in [7, 11) is -4.15. The van der Waals surface area contributed by atoms with Crippen LogP contribution < -0.4 is 5.73 Å². The number of fused-ring (bicyclic) bond motifs is 1. The second-order valence-electron chi connectivity index (χ2n) is 3.20.